The maximum Gasteiger partial charge on any atom is 0.0746 e. The van der Waals surface area contributed by atoms with Gasteiger partial charge in [0.25, 0.3) is 0 Å². The molecule has 0 amide bonds. The summed E-state index contributed by atoms with van der Waals surface area (Å²) in [5.74, 6) is 0. The number of hydrogen-bond donors (Lipinski definition) is 1. The molecule has 0 aromatic heterocycles. The van der Waals surface area contributed by atoms with Gasteiger partial charge in [-0.15, -0.1) is 0 Å². The molecule has 0 heterocycles. The SMILES string of the molecule is CN(C1CC1)C1CCCC(C)(C)C1O. The van der Waals surface area contributed by atoms with Gasteiger partial charge in [-0.25, -0.2) is 0 Å². The van der Waals surface area contributed by atoms with Crippen molar-refractivity contribution in [3.63, 3.8) is 0 Å². The summed E-state index contributed by atoms with van der Waals surface area (Å²) in [5.41, 5.74) is 0.117. The monoisotopic (exact) mass is 197 g/mol. The van der Waals surface area contributed by atoms with E-state index in [9.17, 15) is 5.11 Å². The van der Waals surface area contributed by atoms with Crippen LogP contribution in [0, 0.1) is 5.41 Å². The van der Waals surface area contributed by atoms with E-state index in [4.69, 9.17) is 0 Å². The quantitative estimate of drug-likeness (QED) is 0.732. The highest BCUT2D eigenvalue weighted by Crippen LogP contribution is 2.40. The fourth-order valence-electron chi connectivity index (χ4n) is 2.77. The van der Waals surface area contributed by atoms with Gasteiger partial charge in [0, 0.05) is 12.1 Å². The van der Waals surface area contributed by atoms with Crippen LogP contribution in [0.1, 0.15) is 46.0 Å². The van der Waals surface area contributed by atoms with Gasteiger partial charge in [0.2, 0.25) is 0 Å². The molecule has 0 bridgehead atoms. The van der Waals surface area contributed by atoms with Crippen molar-refractivity contribution in [2.75, 3.05) is 7.05 Å². The lowest BCUT2D eigenvalue weighted by Crippen LogP contribution is -2.51. The van der Waals surface area contributed by atoms with Crippen LogP contribution >= 0.6 is 0 Å². The summed E-state index contributed by atoms with van der Waals surface area (Å²) in [4.78, 5) is 2.42. The van der Waals surface area contributed by atoms with Gasteiger partial charge in [0.1, 0.15) is 0 Å². The molecule has 2 saturated carbocycles. The molecule has 2 heteroatoms. The molecule has 0 saturated heterocycles. The van der Waals surface area contributed by atoms with E-state index in [0.29, 0.717) is 6.04 Å². The largest absolute Gasteiger partial charge is 0.391 e. The van der Waals surface area contributed by atoms with Gasteiger partial charge < -0.3 is 5.11 Å². The molecule has 2 fully saturated rings. The lowest BCUT2D eigenvalue weighted by Gasteiger charge is -2.44. The van der Waals surface area contributed by atoms with Gasteiger partial charge in [-0.2, -0.15) is 0 Å². The molecule has 1 N–H and O–H groups in total. The van der Waals surface area contributed by atoms with Crippen molar-refractivity contribution in [2.45, 2.75) is 64.1 Å². The highest BCUT2D eigenvalue weighted by Gasteiger charge is 2.42. The number of hydrogen-bond acceptors (Lipinski definition) is 2. The average molecular weight is 197 g/mol. The van der Waals surface area contributed by atoms with E-state index in [-0.39, 0.29) is 11.5 Å². The Bertz CT molecular complexity index is 210. The zero-order chi connectivity index (χ0) is 10.3. The lowest BCUT2D eigenvalue weighted by molar-refractivity contribution is -0.0524. The van der Waals surface area contributed by atoms with Crippen LogP contribution in [0.3, 0.4) is 0 Å². The summed E-state index contributed by atoms with van der Waals surface area (Å²) in [6, 6.07) is 1.18. The summed E-state index contributed by atoms with van der Waals surface area (Å²) in [6.07, 6.45) is 6.15. The molecule has 0 aromatic rings. The molecule has 82 valence electrons. The fraction of sp³-hybridized carbons (Fsp3) is 1.00. The van der Waals surface area contributed by atoms with E-state index in [0.717, 1.165) is 6.04 Å². The van der Waals surface area contributed by atoms with Crippen molar-refractivity contribution in [1.82, 2.24) is 4.90 Å². The van der Waals surface area contributed by atoms with Gasteiger partial charge in [-0.3, -0.25) is 4.90 Å². The zero-order valence-electron chi connectivity index (χ0n) is 9.66. The first-order valence-corrected chi connectivity index (χ1v) is 5.92. The van der Waals surface area contributed by atoms with Gasteiger partial charge in [0.05, 0.1) is 6.10 Å². The van der Waals surface area contributed by atoms with E-state index >= 15 is 0 Å². The van der Waals surface area contributed by atoms with E-state index in [1.807, 2.05) is 0 Å². The fourth-order valence-corrected chi connectivity index (χ4v) is 2.77. The second-order valence-corrected chi connectivity index (χ2v) is 5.79. The topological polar surface area (TPSA) is 23.5 Å². The van der Waals surface area contributed by atoms with E-state index in [2.05, 4.69) is 25.8 Å². The van der Waals surface area contributed by atoms with Crippen molar-refractivity contribution >= 4 is 0 Å². The van der Waals surface area contributed by atoms with Crippen LogP contribution in [0.25, 0.3) is 0 Å². The summed E-state index contributed by atoms with van der Waals surface area (Å²) in [6.45, 7) is 4.40. The predicted molar refractivity (Wildman–Crippen MR) is 58.2 cm³/mol. The van der Waals surface area contributed by atoms with Crippen LogP contribution < -0.4 is 0 Å². The van der Waals surface area contributed by atoms with Crippen molar-refractivity contribution < 1.29 is 5.11 Å². The number of nitrogens with zero attached hydrogens (tertiary/aromatic N) is 1. The third kappa shape index (κ3) is 1.82. The molecule has 2 atom stereocenters. The summed E-state index contributed by atoms with van der Waals surface area (Å²) in [7, 11) is 2.19. The number of aliphatic hydroxyl groups excluding tert-OH is 1. The van der Waals surface area contributed by atoms with Crippen molar-refractivity contribution in [3.8, 4) is 0 Å². The van der Waals surface area contributed by atoms with E-state index in [1.54, 1.807) is 0 Å². The first kappa shape index (κ1) is 10.4. The smallest absolute Gasteiger partial charge is 0.0746 e. The Morgan fingerprint density at radius 1 is 1.21 bits per heavy atom. The number of likely N-dealkylation sites (N-methyl/N-ethyl adjacent to an activating group) is 1. The highest BCUT2D eigenvalue weighted by molar-refractivity contribution is 4.96. The minimum atomic E-state index is -0.137. The Morgan fingerprint density at radius 2 is 1.86 bits per heavy atom. The maximum atomic E-state index is 10.3. The van der Waals surface area contributed by atoms with Crippen molar-refractivity contribution in [1.29, 1.82) is 0 Å². The summed E-state index contributed by atoms with van der Waals surface area (Å²) >= 11 is 0. The second kappa shape index (κ2) is 3.49. The molecule has 0 radical (unpaired) electrons. The Balaban J connectivity index is 2.03. The predicted octanol–water partition coefficient (Wildman–Crippen LogP) is 2.02. The molecule has 0 aromatic carbocycles. The van der Waals surface area contributed by atoms with Gasteiger partial charge in [-0.05, 0) is 38.1 Å². The zero-order valence-corrected chi connectivity index (χ0v) is 9.66. The Hall–Kier alpha value is -0.0800. The standard InChI is InChI=1S/C12H23NO/c1-12(2)8-4-5-10(11(12)14)13(3)9-6-7-9/h9-11,14H,4-8H2,1-3H3. The van der Waals surface area contributed by atoms with Crippen molar-refractivity contribution in [2.24, 2.45) is 5.41 Å². The minimum Gasteiger partial charge on any atom is -0.391 e. The third-order valence-corrected chi connectivity index (χ3v) is 4.13. The van der Waals surface area contributed by atoms with Crippen LogP contribution in [0.2, 0.25) is 0 Å². The minimum absolute atomic E-state index is 0.117. The van der Waals surface area contributed by atoms with Crippen LogP contribution in [-0.2, 0) is 0 Å². The van der Waals surface area contributed by atoms with Crippen LogP contribution in [-0.4, -0.2) is 35.2 Å². The molecule has 2 aliphatic rings. The van der Waals surface area contributed by atoms with Crippen LogP contribution in [0.15, 0.2) is 0 Å². The van der Waals surface area contributed by atoms with Crippen LogP contribution in [0.4, 0.5) is 0 Å². The number of aliphatic hydroxyl groups is 1. The van der Waals surface area contributed by atoms with E-state index in [1.165, 1.54) is 32.1 Å². The van der Waals surface area contributed by atoms with Gasteiger partial charge >= 0.3 is 0 Å². The van der Waals surface area contributed by atoms with E-state index < -0.39 is 0 Å². The summed E-state index contributed by atoms with van der Waals surface area (Å²) < 4.78 is 0. The Kier molecular flexibility index (Phi) is 2.61. The molecule has 2 aliphatic carbocycles. The molecular weight excluding hydrogens is 174 g/mol. The van der Waals surface area contributed by atoms with Gasteiger partial charge in [-0.1, -0.05) is 20.3 Å². The van der Waals surface area contributed by atoms with Gasteiger partial charge in [0.15, 0.2) is 0 Å². The second-order valence-electron chi connectivity index (χ2n) is 5.79. The molecular formula is C12H23NO. The average Bonchev–Trinajstić information content (AvgIpc) is 2.91. The summed E-state index contributed by atoms with van der Waals surface area (Å²) in [5, 5.41) is 10.3. The number of rotatable bonds is 2. The van der Waals surface area contributed by atoms with Crippen LogP contribution in [0.5, 0.6) is 0 Å². The maximum absolute atomic E-state index is 10.3. The Morgan fingerprint density at radius 3 is 2.43 bits per heavy atom. The molecule has 0 aliphatic heterocycles. The Labute approximate surface area is 87.3 Å². The molecule has 0 spiro atoms. The molecule has 2 unspecified atom stereocenters. The van der Waals surface area contributed by atoms with Crippen molar-refractivity contribution in [3.05, 3.63) is 0 Å². The molecule has 14 heavy (non-hydrogen) atoms. The normalized spacial score (nSPS) is 37.5. The first-order valence-electron chi connectivity index (χ1n) is 5.92. The molecule has 2 nitrogen and oxygen atoms in total. The molecule has 2 rings (SSSR count). The first-order chi connectivity index (χ1) is 6.52. The highest BCUT2D eigenvalue weighted by atomic mass is 16.3. The third-order valence-electron chi connectivity index (χ3n) is 4.13. The lowest BCUT2D eigenvalue weighted by atomic mass is 9.72.